The van der Waals surface area contributed by atoms with Gasteiger partial charge in [-0.3, -0.25) is 4.79 Å². The summed E-state index contributed by atoms with van der Waals surface area (Å²) >= 11 is 19.4. The highest BCUT2D eigenvalue weighted by molar-refractivity contribution is 9.10. The van der Waals surface area contributed by atoms with Crippen molar-refractivity contribution < 1.29 is 4.74 Å². The van der Waals surface area contributed by atoms with Gasteiger partial charge in [0, 0.05) is 15.4 Å². The monoisotopic (exact) mass is 635 g/mol. The SMILES string of the molecule is CC[C@H](C)c1nc2ccc(Br)cc2c(=O)n1N=Cc1cc(Cl)c(OCc2ccc(Cl)cc2)c(Br)c1. The zero-order valence-corrected chi connectivity index (χ0v) is 23.6. The maximum atomic E-state index is 13.3. The van der Waals surface area contributed by atoms with E-state index in [1.54, 1.807) is 18.3 Å². The van der Waals surface area contributed by atoms with Crippen molar-refractivity contribution in [3.63, 3.8) is 0 Å². The Balaban J connectivity index is 1.66. The lowest BCUT2D eigenvalue weighted by molar-refractivity contribution is 0.304. The molecule has 0 N–H and O–H groups in total. The highest BCUT2D eigenvalue weighted by atomic mass is 79.9. The second-order valence-electron chi connectivity index (χ2n) is 8.03. The summed E-state index contributed by atoms with van der Waals surface area (Å²) < 4.78 is 8.77. The van der Waals surface area contributed by atoms with E-state index in [0.717, 1.165) is 16.5 Å². The Morgan fingerprint density at radius 1 is 1.11 bits per heavy atom. The second kappa shape index (κ2) is 11.2. The normalized spacial score (nSPS) is 12.4. The molecular weight excluding hydrogens is 617 g/mol. The van der Waals surface area contributed by atoms with Crippen LogP contribution in [0.4, 0.5) is 0 Å². The lowest BCUT2D eigenvalue weighted by atomic mass is 10.1. The molecule has 0 aliphatic heterocycles. The van der Waals surface area contributed by atoms with Crippen LogP contribution in [0.1, 0.15) is 43.1 Å². The van der Waals surface area contributed by atoms with Crippen molar-refractivity contribution in [2.75, 3.05) is 0 Å². The summed E-state index contributed by atoms with van der Waals surface area (Å²) in [7, 11) is 0. The summed E-state index contributed by atoms with van der Waals surface area (Å²) in [5, 5.41) is 6.09. The molecule has 0 aliphatic carbocycles. The Morgan fingerprint density at radius 2 is 1.86 bits per heavy atom. The van der Waals surface area contributed by atoms with Gasteiger partial charge < -0.3 is 4.74 Å². The predicted octanol–water partition coefficient (Wildman–Crippen LogP) is 8.20. The molecule has 180 valence electrons. The summed E-state index contributed by atoms with van der Waals surface area (Å²) in [6.45, 7) is 4.42. The lowest BCUT2D eigenvalue weighted by Crippen LogP contribution is -2.23. The van der Waals surface area contributed by atoms with Crippen molar-refractivity contribution in [1.29, 1.82) is 0 Å². The molecule has 0 fully saturated rings. The maximum absolute atomic E-state index is 13.3. The van der Waals surface area contributed by atoms with Gasteiger partial charge in [0.05, 0.1) is 26.6 Å². The molecule has 1 heterocycles. The average Bonchev–Trinajstić information content (AvgIpc) is 2.83. The van der Waals surface area contributed by atoms with Crippen LogP contribution < -0.4 is 10.3 Å². The number of hydrogen-bond donors (Lipinski definition) is 0. The molecule has 1 aromatic heterocycles. The van der Waals surface area contributed by atoms with Crippen LogP contribution in [0, 0.1) is 0 Å². The Morgan fingerprint density at radius 3 is 2.54 bits per heavy atom. The van der Waals surface area contributed by atoms with E-state index in [-0.39, 0.29) is 11.5 Å². The van der Waals surface area contributed by atoms with Gasteiger partial charge in [0.1, 0.15) is 12.4 Å². The van der Waals surface area contributed by atoms with Gasteiger partial charge in [-0.25, -0.2) is 4.98 Å². The number of aromatic nitrogens is 2. The van der Waals surface area contributed by atoms with Crippen molar-refractivity contribution >= 4 is 72.2 Å². The summed E-state index contributed by atoms with van der Waals surface area (Å²) in [4.78, 5) is 18.0. The van der Waals surface area contributed by atoms with Crippen LogP contribution in [-0.2, 0) is 6.61 Å². The third-order valence-corrected chi connectivity index (χ3v) is 7.14. The minimum Gasteiger partial charge on any atom is -0.486 e. The van der Waals surface area contributed by atoms with Gasteiger partial charge in [-0.2, -0.15) is 9.78 Å². The predicted molar refractivity (Wildman–Crippen MR) is 150 cm³/mol. The van der Waals surface area contributed by atoms with Crippen LogP contribution in [0.2, 0.25) is 10.0 Å². The fourth-order valence-corrected chi connectivity index (χ4v) is 4.91. The van der Waals surface area contributed by atoms with Gasteiger partial charge in [0.2, 0.25) is 0 Å². The minimum atomic E-state index is -0.226. The van der Waals surface area contributed by atoms with Crippen LogP contribution in [0.5, 0.6) is 5.75 Å². The molecule has 9 heteroatoms. The first-order valence-electron chi connectivity index (χ1n) is 10.9. The third kappa shape index (κ3) is 5.97. The molecule has 5 nitrogen and oxygen atoms in total. The zero-order valence-electron chi connectivity index (χ0n) is 18.9. The van der Waals surface area contributed by atoms with Crippen LogP contribution in [0.3, 0.4) is 0 Å². The van der Waals surface area contributed by atoms with Gasteiger partial charge in [0.25, 0.3) is 5.56 Å². The molecule has 0 saturated heterocycles. The molecule has 4 rings (SSSR count). The number of benzene rings is 3. The molecular formula is C26H21Br2Cl2N3O2. The molecule has 35 heavy (non-hydrogen) atoms. The number of nitrogens with zero attached hydrogens (tertiary/aromatic N) is 3. The van der Waals surface area contributed by atoms with Crippen LogP contribution in [0.15, 0.2) is 73.4 Å². The van der Waals surface area contributed by atoms with E-state index in [9.17, 15) is 4.79 Å². The summed E-state index contributed by atoms with van der Waals surface area (Å²) in [6, 6.07) is 16.5. The average molecular weight is 638 g/mol. The van der Waals surface area contributed by atoms with Crippen molar-refractivity contribution in [1.82, 2.24) is 9.66 Å². The summed E-state index contributed by atoms with van der Waals surface area (Å²) in [5.41, 5.74) is 2.09. The van der Waals surface area contributed by atoms with E-state index < -0.39 is 0 Å². The van der Waals surface area contributed by atoms with E-state index in [1.165, 1.54) is 4.68 Å². The molecule has 4 aromatic rings. The third-order valence-electron chi connectivity index (χ3n) is 5.53. The fourth-order valence-electron chi connectivity index (χ4n) is 3.43. The van der Waals surface area contributed by atoms with Crippen molar-refractivity contribution in [2.24, 2.45) is 5.10 Å². The topological polar surface area (TPSA) is 56.5 Å². The standard InChI is InChI=1S/C26H21Br2Cl2N3O2/c1-3-15(2)25-32-23-9-6-18(27)12-20(23)26(34)33(25)31-13-17-10-21(28)24(22(30)11-17)35-14-16-4-7-19(29)8-5-16/h4-13,15H,3,14H2,1-2H3/t15-/m0/s1. The van der Waals surface area contributed by atoms with Gasteiger partial charge in [-0.15, -0.1) is 0 Å². The molecule has 0 amide bonds. The van der Waals surface area contributed by atoms with Crippen molar-refractivity contribution in [3.8, 4) is 5.75 Å². The molecule has 0 unspecified atom stereocenters. The number of fused-ring (bicyclic) bond motifs is 1. The first-order chi connectivity index (χ1) is 16.8. The van der Waals surface area contributed by atoms with Gasteiger partial charge in [-0.05, 0) is 75.9 Å². The van der Waals surface area contributed by atoms with Crippen LogP contribution >= 0.6 is 55.1 Å². The number of halogens is 4. The molecule has 0 radical (unpaired) electrons. The van der Waals surface area contributed by atoms with Gasteiger partial charge in [0.15, 0.2) is 5.75 Å². The molecule has 1 atom stereocenters. The summed E-state index contributed by atoms with van der Waals surface area (Å²) in [5.74, 6) is 1.18. The van der Waals surface area contributed by atoms with E-state index >= 15 is 0 Å². The number of hydrogen-bond acceptors (Lipinski definition) is 4. The highest BCUT2D eigenvalue weighted by Gasteiger charge is 2.16. The first-order valence-corrected chi connectivity index (χ1v) is 13.2. The maximum Gasteiger partial charge on any atom is 0.282 e. The quantitative estimate of drug-likeness (QED) is 0.192. The van der Waals surface area contributed by atoms with Gasteiger partial charge in [-0.1, -0.05) is 65.1 Å². The molecule has 0 aliphatic rings. The van der Waals surface area contributed by atoms with Crippen LogP contribution in [-0.4, -0.2) is 15.9 Å². The lowest BCUT2D eigenvalue weighted by Gasteiger charge is -2.14. The van der Waals surface area contributed by atoms with E-state index in [2.05, 4.69) is 43.9 Å². The molecule has 3 aromatic carbocycles. The largest absolute Gasteiger partial charge is 0.486 e. The fraction of sp³-hybridized carbons (Fsp3) is 0.192. The Bertz CT molecular complexity index is 1450. The van der Waals surface area contributed by atoms with Gasteiger partial charge >= 0.3 is 0 Å². The molecule has 0 spiro atoms. The minimum absolute atomic E-state index is 0.0480. The van der Waals surface area contributed by atoms with Crippen molar-refractivity contribution in [2.45, 2.75) is 32.8 Å². The zero-order chi connectivity index (χ0) is 25.1. The van der Waals surface area contributed by atoms with E-state index in [0.29, 0.717) is 49.2 Å². The van der Waals surface area contributed by atoms with Crippen molar-refractivity contribution in [3.05, 3.63) is 101 Å². The van der Waals surface area contributed by atoms with E-state index in [4.69, 9.17) is 32.9 Å². The van der Waals surface area contributed by atoms with E-state index in [1.807, 2.05) is 49.4 Å². The highest BCUT2D eigenvalue weighted by Crippen LogP contribution is 2.35. The first kappa shape index (κ1) is 25.9. The smallest absolute Gasteiger partial charge is 0.282 e. The Hall–Kier alpha value is -2.19. The Labute approximate surface area is 230 Å². The molecule has 0 bridgehead atoms. The second-order valence-corrected chi connectivity index (χ2v) is 10.6. The Kier molecular flexibility index (Phi) is 8.32. The summed E-state index contributed by atoms with van der Waals surface area (Å²) in [6.07, 6.45) is 2.42. The number of rotatable bonds is 7. The van der Waals surface area contributed by atoms with Crippen LogP contribution in [0.25, 0.3) is 10.9 Å². The number of ether oxygens (including phenoxy) is 1. The molecule has 0 saturated carbocycles.